The van der Waals surface area contributed by atoms with Gasteiger partial charge in [0.15, 0.2) is 11.5 Å². The molecule has 122 valence electrons. The highest BCUT2D eigenvalue weighted by Crippen LogP contribution is 2.28. The maximum Gasteiger partial charge on any atom is 0.180 e. The largest absolute Gasteiger partial charge is 0.378 e. The van der Waals surface area contributed by atoms with Crippen LogP contribution in [-0.2, 0) is 11.3 Å². The van der Waals surface area contributed by atoms with Crippen molar-refractivity contribution < 1.29 is 4.74 Å². The molecule has 0 aliphatic heterocycles. The van der Waals surface area contributed by atoms with Crippen LogP contribution in [0, 0.1) is 6.92 Å². The third-order valence-electron chi connectivity index (χ3n) is 3.52. The summed E-state index contributed by atoms with van der Waals surface area (Å²) in [4.78, 5) is 9.16. The average molecular weight is 357 g/mol. The van der Waals surface area contributed by atoms with Gasteiger partial charge in [-0.3, -0.25) is 4.40 Å². The molecule has 0 saturated carbocycles. The highest BCUT2D eigenvalue weighted by Gasteiger charge is 2.13. The Morgan fingerprint density at radius 3 is 3.08 bits per heavy atom. The van der Waals surface area contributed by atoms with E-state index in [2.05, 4.69) is 40.9 Å². The lowest BCUT2D eigenvalue weighted by molar-refractivity contribution is 0.182. The Morgan fingerprint density at radius 2 is 2.29 bits per heavy atom. The van der Waals surface area contributed by atoms with Crippen LogP contribution in [0.25, 0.3) is 16.9 Å². The Labute approximate surface area is 147 Å². The Bertz CT molecular complexity index is 974. The summed E-state index contributed by atoms with van der Waals surface area (Å²) in [5.74, 6) is 0.726. The van der Waals surface area contributed by atoms with Crippen LogP contribution in [0.1, 0.15) is 11.4 Å². The van der Waals surface area contributed by atoms with Crippen molar-refractivity contribution in [1.82, 2.24) is 18.7 Å². The molecule has 4 rings (SSSR count). The number of nitrogens with zero attached hydrogens (tertiary/aromatic N) is 4. The molecule has 0 aliphatic carbocycles. The van der Waals surface area contributed by atoms with Gasteiger partial charge in [0.25, 0.3) is 0 Å². The topological polar surface area (TPSA) is 64.3 Å². The summed E-state index contributed by atoms with van der Waals surface area (Å²) in [7, 11) is 1.66. The third kappa shape index (κ3) is 2.79. The van der Waals surface area contributed by atoms with Gasteiger partial charge < -0.3 is 10.1 Å². The molecule has 0 saturated heterocycles. The van der Waals surface area contributed by atoms with E-state index < -0.39 is 0 Å². The SMILES string of the molecule is COCc1cc(Nc2nc(C)cn3c(-c4ccsc4)cnc23)sn1. The first-order chi connectivity index (χ1) is 11.7. The number of aromatic nitrogens is 4. The summed E-state index contributed by atoms with van der Waals surface area (Å²) >= 11 is 3.06. The minimum absolute atomic E-state index is 0.501. The van der Waals surface area contributed by atoms with E-state index in [0.29, 0.717) is 6.61 Å². The van der Waals surface area contributed by atoms with Crippen LogP contribution in [0.5, 0.6) is 0 Å². The molecule has 24 heavy (non-hydrogen) atoms. The molecule has 8 heteroatoms. The number of nitrogens with one attached hydrogen (secondary N) is 1. The first kappa shape index (κ1) is 15.3. The minimum Gasteiger partial charge on any atom is -0.378 e. The fraction of sp³-hybridized carbons (Fsp3) is 0.188. The Kier molecular flexibility index (Phi) is 4.01. The van der Waals surface area contributed by atoms with Crippen molar-refractivity contribution in [3.05, 3.63) is 46.7 Å². The van der Waals surface area contributed by atoms with Crippen LogP contribution in [-0.4, -0.2) is 25.9 Å². The van der Waals surface area contributed by atoms with Crippen molar-refractivity contribution in [2.24, 2.45) is 0 Å². The monoisotopic (exact) mass is 357 g/mol. The van der Waals surface area contributed by atoms with Crippen molar-refractivity contribution in [3.63, 3.8) is 0 Å². The van der Waals surface area contributed by atoms with Crippen molar-refractivity contribution in [2.45, 2.75) is 13.5 Å². The number of ether oxygens (including phenoxy) is 1. The van der Waals surface area contributed by atoms with Crippen molar-refractivity contribution >= 4 is 39.3 Å². The Morgan fingerprint density at radius 1 is 1.38 bits per heavy atom. The van der Waals surface area contributed by atoms with Gasteiger partial charge in [0.1, 0.15) is 5.00 Å². The normalized spacial score (nSPS) is 11.2. The predicted octanol–water partition coefficient (Wildman–Crippen LogP) is 4.11. The van der Waals surface area contributed by atoms with Gasteiger partial charge in [0.05, 0.1) is 29.9 Å². The fourth-order valence-electron chi connectivity index (χ4n) is 2.52. The summed E-state index contributed by atoms with van der Waals surface area (Å²) in [6, 6.07) is 4.06. The number of thiophene rings is 1. The lowest BCUT2D eigenvalue weighted by atomic mass is 10.2. The number of aryl methyl sites for hydroxylation is 1. The van der Waals surface area contributed by atoms with Crippen molar-refractivity contribution in [1.29, 1.82) is 0 Å². The average Bonchev–Trinajstić information content (AvgIpc) is 3.27. The zero-order valence-corrected chi connectivity index (χ0v) is 14.8. The molecular weight excluding hydrogens is 342 g/mol. The van der Waals surface area contributed by atoms with E-state index in [1.807, 2.05) is 25.4 Å². The second-order valence-electron chi connectivity index (χ2n) is 5.32. The fourth-order valence-corrected chi connectivity index (χ4v) is 3.82. The third-order valence-corrected chi connectivity index (χ3v) is 4.95. The van der Waals surface area contributed by atoms with E-state index in [1.54, 1.807) is 18.4 Å². The number of hydrogen-bond acceptors (Lipinski definition) is 7. The first-order valence-electron chi connectivity index (χ1n) is 7.33. The molecular formula is C16H15N5OS2. The van der Waals surface area contributed by atoms with E-state index in [4.69, 9.17) is 4.74 Å². The van der Waals surface area contributed by atoms with Crippen molar-refractivity contribution in [2.75, 3.05) is 12.4 Å². The molecule has 0 atom stereocenters. The summed E-state index contributed by atoms with van der Waals surface area (Å²) in [6.07, 6.45) is 3.89. The summed E-state index contributed by atoms with van der Waals surface area (Å²) < 4.78 is 11.5. The van der Waals surface area contributed by atoms with Gasteiger partial charge in [0, 0.05) is 24.3 Å². The van der Waals surface area contributed by atoms with Crippen LogP contribution < -0.4 is 5.32 Å². The van der Waals surface area contributed by atoms with Gasteiger partial charge in [-0.2, -0.15) is 15.7 Å². The number of hydrogen-bond donors (Lipinski definition) is 1. The van der Waals surface area contributed by atoms with Gasteiger partial charge in [-0.15, -0.1) is 0 Å². The molecule has 0 bridgehead atoms. The molecule has 0 radical (unpaired) electrons. The van der Waals surface area contributed by atoms with E-state index in [9.17, 15) is 0 Å². The zero-order chi connectivity index (χ0) is 16.5. The quantitative estimate of drug-likeness (QED) is 0.582. The Balaban J connectivity index is 1.75. The molecule has 0 unspecified atom stereocenters. The first-order valence-corrected chi connectivity index (χ1v) is 9.05. The molecule has 0 fully saturated rings. The maximum absolute atomic E-state index is 5.11. The maximum atomic E-state index is 5.11. The van der Waals surface area contributed by atoms with Gasteiger partial charge in [-0.1, -0.05) is 0 Å². The van der Waals surface area contributed by atoms with Crippen LogP contribution in [0.15, 0.2) is 35.3 Å². The van der Waals surface area contributed by atoms with Crippen LogP contribution in [0.4, 0.5) is 10.8 Å². The lowest BCUT2D eigenvalue weighted by Crippen LogP contribution is -2.00. The van der Waals surface area contributed by atoms with Gasteiger partial charge in [-0.25, -0.2) is 9.97 Å². The summed E-state index contributed by atoms with van der Waals surface area (Å²) in [5, 5.41) is 8.44. The van der Waals surface area contributed by atoms with Gasteiger partial charge >= 0.3 is 0 Å². The molecule has 0 spiro atoms. The van der Waals surface area contributed by atoms with E-state index in [0.717, 1.165) is 39.1 Å². The predicted molar refractivity (Wildman–Crippen MR) is 97.1 cm³/mol. The molecule has 1 N–H and O–H groups in total. The number of anilines is 2. The van der Waals surface area contributed by atoms with Crippen LogP contribution in [0.2, 0.25) is 0 Å². The molecule has 0 aromatic carbocycles. The molecule has 0 amide bonds. The zero-order valence-electron chi connectivity index (χ0n) is 13.2. The number of fused-ring (bicyclic) bond motifs is 1. The highest BCUT2D eigenvalue weighted by atomic mass is 32.1. The van der Waals surface area contributed by atoms with Crippen LogP contribution >= 0.6 is 22.9 Å². The lowest BCUT2D eigenvalue weighted by Gasteiger charge is -2.07. The van der Waals surface area contributed by atoms with Crippen LogP contribution in [0.3, 0.4) is 0 Å². The minimum atomic E-state index is 0.501. The molecule has 0 aliphatic rings. The highest BCUT2D eigenvalue weighted by molar-refractivity contribution is 7.10. The number of imidazole rings is 1. The van der Waals surface area contributed by atoms with Gasteiger partial charge in [-0.05, 0) is 36.0 Å². The van der Waals surface area contributed by atoms with Crippen molar-refractivity contribution in [3.8, 4) is 11.3 Å². The second kappa shape index (κ2) is 6.31. The second-order valence-corrected chi connectivity index (χ2v) is 6.91. The van der Waals surface area contributed by atoms with Gasteiger partial charge in [0.2, 0.25) is 0 Å². The number of methoxy groups -OCH3 is 1. The van der Waals surface area contributed by atoms with E-state index in [-0.39, 0.29) is 0 Å². The van der Waals surface area contributed by atoms with E-state index >= 15 is 0 Å². The number of rotatable bonds is 5. The molecule has 4 aromatic heterocycles. The summed E-state index contributed by atoms with van der Waals surface area (Å²) in [6.45, 7) is 2.48. The molecule has 6 nitrogen and oxygen atoms in total. The smallest absolute Gasteiger partial charge is 0.180 e. The Hall–Kier alpha value is -2.29. The molecule has 4 aromatic rings. The molecule has 4 heterocycles. The summed E-state index contributed by atoms with van der Waals surface area (Å²) in [5.41, 5.74) is 4.83. The standard InChI is InChI=1S/C16H15N5OS2/c1-10-7-21-13(11-3-4-23-9-11)6-17-16(21)15(18-10)19-14-5-12(8-22-2)20-24-14/h3-7,9H,8H2,1-2H3,(H,18,19). The van der Waals surface area contributed by atoms with E-state index in [1.165, 1.54) is 11.5 Å².